The molecule has 2 fully saturated rings. The lowest BCUT2D eigenvalue weighted by molar-refractivity contribution is 0.176. The van der Waals surface area contributed by atoms with E-state index in [9.17, 15) is 18.7 Å². The highest BCUT2D eigenvalue weighted by molar-refractivity contribution is 5.93. The Morgan fingerprint density at radius 3 is 2.90 bits per heavy atom. The van der Waals surface area contributed by atoms with Crippen molar-refractivity contribution in [2.75, 3.05) is 29.9 Å². The second-order valence-corrected chi connectivity index (χ2v) is 7.82. The number of urea groups is 1. The van der Waals surface area contributed by atoms with Crippen LogP contribution in [0.25, 0.3) is 5.65 Å². The Balaban J connectivity index is 1.43. The van der Waals surface area contributed by atoms with Crippen molar-refractivity contribution in [3.05, 3.63) is 47.9 Å². The maximum atomic E-state index is 14.4. The Hall–Kier alpha value is -3.34. The summed E-state index contributed by atoms with van der Waals surface area (Å²) >= 11 is 0. The molecule has 1 aromatic carbocycles. The van der Waals surface area contributed by atoms with Gasteiger partial charge >= 0.3 is 6.03 Å². The lowest BCUT2D eigenvalue weighted by Crippen LogP contribution is -2.33. The van der Waals surface area contributed by atoms with Crippen LogP contribution >= 0.6 is 0 Å². The molecule has 162 valence electrons. The van der Waals surface area contributed by atoms with Gasteiger partial charge in [0.15, 0.2) is 5.65 Å². The number of aromatic nitrogens is 4. The van der Waals surface area contributed by atoms with Crippen molar-refractivity contribution >= 4 is 23.3 Å². The van der Waals surface area contributed by atoms with Gasteiger partial charge in [-0.05, 0) is 37.5 Å². The standard InChI is InChI=1S/C20H21F2N7O2/c21-12-3-4-15(22)14(8-12)17-2-1-6-28(17)19-23-11-29-18(26-19)16(9-24-29)25-20(31)27-7-5-13(30)10-27/h3-4,8-9,11,13,17,30H,1-2,5-7,10H2,(H,25,31)/t13-,17+/m0/s1. The van der Waals surface area contributed by atoms with Crippen molar-refractivity contribution in [2.45, 2.75) is 31.4 Å². The number of carbonyl (C=O) groups is 1. The number of halogens is 2. The number of amides is 2. The molecule has 2 N–H and O–H groups in total. The van der Waals surface area contributed by atoms with Gasteiger partial charge in [-0.2, -0.15) is 10.1 Å². The van der Waals surface area contributed by atoms with E-state index in [4.69, 9.17) is 0 Å². The first-order valence-electron chi connectivity index (χ1n) is 10.2. The molecule has 0 saturated carbocycles. The summed E-state index contributed by atoms with van der Waals surface area (Å²) in [5.74, 6) is -0.608. The van der Waals surface area contributed by atoms with Crippen LogP contribution in [0.15, 0.2) is 30.7 Å². The number of hydrogen-bond acceptors (Lipinski definition) is 6. The van der Waals surface area contributed by atoms with Crippen LogP contribution in [0.1, 0.15) is 30.9 Å². The van der Waals surface area contributed by atoms with Crippen molar-refractivity contribution in [3.8, 4) is 0 Å². The van der Waals surface area contributed by atoms with E-state index in [1.807, 2.05) is 4.90 Å². The molecule has 0 radical (unpaired) electrons. The number of nitrogens with one attached hydrogen (secondary N) is 1. The predicted octanol–water partition coefficient (Wildman–Crippen LogP) is 2.34. The summed E-state index contributed by atoms with van der Waals surface area (Å²) in [7, 11) is 0. The van der Waals surface area contributed by atoms with Gasteiger partial charge in [0.05, 0.1) is 18.3 Å². The van der Waals surface area contributed by atoms with E-state index in [2.05, 4.69) is 20.4 Å². The Morgan fingerprint density at radius 1 is 1.23 bits per heavy atom. The number of nitrogens with zero attached hydrogens (tertiary/aromatic N) is 6. The second kappa shape index (κ2) is 7.73. The summed E-state index contributed by atoms with van der Waals surface area (Å²) < 4.78 is 29.6. The number of hydrogen-bond donors (Lipinski definition) is 2. The summed E-state index contributed by atoms with van der Waals surface area (Å²) in [5.41, 5.74) is 1.07. The lowest BCUT2D eigenvalue weighted by Gasteiger charge is -2.25. The highest BCUT2D eigenvalue weighted by Crippen LogP contribution is 2.36. The van der Waals surface area contributed by atoms with Gasteiger partial charge in [0.25, 0.3) is 0 Å². The Labute approximate surface area is 176 Å². The number of likely N-dealkylation sites (tertiary alicyclic amines) is 1. The van der Waals surface area contributed by atoms with Crippen LogP contribution in [0.3, 0.4) is 0 Å². The highest BCUT2D eigenvalue weighted by atomic mass is 19.1. The molecular formula is C20H21F2N7O2. The molecule has 2 aliphatic heterocycles. The zero-order chi connectivity index (χ0) is 21.5. The first-order chi connectivity index (χ1) is 15.0. The maximum Gasteiger partial charge on any atom is 0.322 e. The Bertz CT molecular complexity index is 1140. The van der Waals surface area contributed by atoms with Gasteiger partial charge in [-0.25, -0.2) is 23.1 Å². The quantitative estimate of drug-likeness (QED) is 0.663. The normalized spacial score (nSPS) is 21.3. The third-order valence-corrected chi connectivity index (χ3v) is 5.78. The fraction of sp³-hybridized carbons (Fsp3) is 0.400. The van der Waals surface area contributed by atoms with Gasteiger partial charge in [-0.15, -0.1) is 0 Å². The molecule has 2 aliphatic rings. The molecule has 5 rings (SSSR count). The molecule has 3 aromatic rings. The molecule has 2 amide bonds. The minimum atomic E-state index is -0.515. The molecular weight excluding hydrogens is 408 g/mol. The molecule has 4 heterocycles. The number of anilines is 2. The number of β-amino-alcohol motifs (C(OH)–C–C–N with tert-alkyl or cyclic N) is 1. The summed E-state index contributed by atoms with van der Waals surface area (Å²) in [4.78, 5) is 24.7. The van der Waals surface area contributed by atoms with Crippen molar-refractivity contribution in [1.82, 2.24) is 24.5 Å². The number of benzene rings is 1. The molecule has 2 saturated heterocycles. The summed E-state index contributed by atoms with van der Waals surface area (Å²) in [5, 5.41) is 16.6. The first-order valence-corrected chi connectivity index (χ1v) is 10.2. The van der Waals surface area contributed by atoms with Crippen LogP contribution in [0, 0.1) is 11.6 Å². The van der Waals surface area contributed by atoms with Crippen LogP contribution in [0.2, 0.25) is 0 Å². The SMILES string of the molecule is O=C(Nc1cnn2cnc(N3CCC[C@@H]3c3cc(F)ccc3F)nc12)N1CC[C@H](O)C1. The smallest absolute Gasteiger partial charge is 0.322 e. The minimum absolute atomic E-state index is 0.274. The Kier molecular flexibility index (Phi) is 4.89. The van der Waals surface area contributed by atoms with Crippen molar-refractivity contribution in [2.24, 2.45) is 0 Å². The molecule has 31 heavy (non-hydrogen) atoms. The van der Waals surface area contributed by atoms with Crippen LogP contribution in [0.4, 0.5) is 25.2 Å². The molecule has 0 bridgehead atoms. The van der Waals surface area contributed by atoms with E-state index in [0.717, 1.165) is 18.6 Å². The zero-order valence-corrected chi connectivity index (χ0v) is 16.6. The highest BCUT2D eigenvalue weighted by Gasteiger charge is 2.31. The molecule has 0 aliphatic carbocycles. The topological polar surface area (TPSA) is 98.9 Å². The van der Waals surface area contributed by atoms with Crippen LogP contribution < -0.4 is 10.2 Å². The van der Waals surface area contributed by atoms with E-state index in [0.29, 0.717) is 43.2 Å². The number of aliphatic hydroxyl groups excluding tert-OH is 1. The van der Waals surface area contributed by atoms with E-state index in [1.54, 1.807) is 0 Å². The molecule has 2 aromatic heterocycles. The number of fused-ring (bicyclic) bond motifs is 1. The zero-order valence-electron chi connectivity index (χ0n) is 16.6. The fourth-order valence-corrected chi connectivity index (χ4v) is 4.23. The average molecular weight is 429 g/mol. The van der Waals surface area contributed by atoms with Gasteiger partial charge in [0.1, 0.15) is 23.6 Å². The summed E-state index contributed by atoms with van der Waals surface area (Å²) in [6.45, 7) is 1.35. The molecule has 11 heteroatoms. The molecule has 9 nitrogen and oxygen atoms in total. The molecule has 0 spiro atoms. The Morgan fingerprint density at radius 2 is 2.10 bits per heavy atom. The maximum absolute atomic E-state index is 14.4. The van der Waals surface area contributed by atoms with Crippen LogP contribution in [0.5, 0.6) is 0 Å². The monoisotopic (exact) mass is 429 g/mol. The summed E-state index contributed by atoms with van der Waals surface area (Å²) in [6.07, 6.45) is 4.42. The average Bonchev–Trinajstić information content (AvgIpc) is 3.49. The fourth-order valence-electron chi connectivity index (χ4n) is 4.23. The van der Waals surface area contributed by atoms with Crippen molar-refractivity contribution in [3.63, 3.8) is 0 Å². The van der Waals surface area contributed by atoms with Crippen molar-refractivity contribution in [1.29, 1.82) is 0 Å². The predicted molar refractivity (Wildman–Crippen MR) is 108 cm³/mol. The van der Waals surface area contributed by atoms with Gasteiger partial charge in [-0.3, -0.25) is 0 Å². The third-order valence-electron chi connectivity index (χ3n) is 5.78. The van der Waals surface area contributed by atoms with E-state index < -0.39 is 17.7 Å². The summed E-state index contributed by atoms with van der Waals surface area (Å²) in [6, 6.07) is 2.72. The van der Waals surface area contributed by atoms with Gasteiger partial charge in [-0.1, -0.05) is 0 Å². The molecule has 0 unspecified atom stereocenters. The number of rotatable bonds is 3. The third kappa shape index (κ3) is 3.65. The van der Waals surface area contributed by atoms with E-state index in [-0.39, 0.29) is 24.2 Å². The number of carbonyl (C=O) groups excluding carboxylic acids is 1. The van der Waals surface area contributed by atoms with Crippen LogP contribution in [-0.4, -0.2) is 61.4 Å². The molecule has 2 atom stereocenters. The van der Waals surface area contributed by atoms with Crippen molar-refractivity contribution < 1.29 is 18.7 Å². The minimum Gasteiger partial charge on any atom is -0.391 e. The van der Waals surface area contributed by atoms with Crippen LogP contribution in [-0.2, 0) is 0 Å². The van der Waals surface area contributed by atoms with Gasteiger partial charge < -0.3 is 20.2 Å². The van der Waals surface area contributed by atoms with E-state index >= 15 is 0 Å². The largest absolute Gasteiger partial charge is 0.391 e. The first kappa shape index (κ1) is 19.6. The van der Waals surface area contributed by atoms with Gasteiger partial charge in [0.2, 0.25) is 5.95 Å². The second-order valence-electron chi connectivity index (χ2n) is 7.82. The van der Waals surface area contributed by atoms with E-state index in [1.165, 1.54) is 28.0 Å². The van der Waals surface area contributed by atoms with Gasteiger partial charge in [0, 0.05) is 25.2 Å². The number of aliphatic hydroxyl groups is 1. The lowest BCUT2D eigenvalue weighted by atomic mass is 10.0.